The number of nitrogens with one attached hydrogen (secondary N) is 1. The quantitative estimate of drug-likeness (QED) is 0.612. The van der Waals surface area contributed by atoms with Crippen LogP contribution in [0.5, 0.6) is 0 Å². The molecule has 1 aliphatic rings. The topological polar surface area (TPSA) is 72.3 Å². The molecule has 0 aliphatic carbocycles. The van der Waals surface area contributed by atoms with Crippen LogP contribution in [0.1, 0.15) is 21.5 Å². The summed E-state index contributed by atoms with van der Waals surface area (Å²) in [5, 5.41) is 12.2. The molecule has 1 N–H and O–H groups in total. The largest absolute Gasteiger partial charge is 0.379 e. The number of amides is 1. The van der Waals surface area contributed by atoms with Gasteiger partial charge in [-0.1, -0.05) is 41.1 Å². The lowest BCUT2D eigenvalue weighted by Crippen LogP contribution is -2.41. The lowest BCUT2D eigenvalue weighted by atomic mass is 10.0. The second kappa shape index (κ2) is 10.0. The Hall–Kier alpha value is -2.74. The number of hydrogen-bond acceptors (Lipinski definition) is 5. The minimum Gasteiger partial charge on any atom is -0.379 e. The third kappa shape index (κ3) is 5.70. The first-order valence-corrected chi connectivity index (χ1v) is 10.8. The van der Waals surface area contributed by atoms with Gasteiger partial charge in [-0.3, -0.25) is 9.69 Å². The molecule has 2 aromatic carbocycles. The zero-order chi connectivity index (χ0) is 21.6. The van der Waals surface area contributed by atoms with Crippen molar-refractivity contribution in [1.29, 1.82) is 0 Å². The number of hydrogen-bond donors (Lipinski definition) is 1. The minimum atomic E-state index is -0.0704. The zero-order valence-electron chi connectivity index (χ0n) is 17.6. The summed E-state index contributed by atoms with van der Waals surface area (Å²) in [7, 11) is 0. The van der Waals surface area contributed by atoms with Crippen molar-refractivity contribution in [2.45, 2.75) is 13.5 Å². The average Bonchev–Trinajstić information content (AvgIpc) is 3.23. The van der Waals surface area contributed by atoms with E-state index in [2.05, 4.69) is 20.5 Å². The molecule has 0 spiro atoms. The van der Waals surface area contributed by atoms with E-state index in [0.717, 1.165) is 55.2 Å². The second-order valence-corrected chi connectivity index (χ2v) is 8.11. The van der Waals surface area contributed by atoms with Gasteiger partial charge in [0.25, 0.3) is 5.91 Å². The van der Waals surface area contributed by atoms with E-state index in [-0.39, 0.29) is 5.91 Å². The molecule has 3 aromatic rings. The van der Waals surface area contributed by atoms with E-state index in [1.165, 1.54) is 0 Å². The molecule has 1 amide bonds. The van der Waals surface area contributed by atoms with Crippen molar-refractivity contribution in [3.63, 3.8) is 0 Å². The van der Waals surface area contributed by atoms with E-state index in [4.69, 9.17) is 16.3 Å². The predicted molar refractivity (Wildman–Crippen MR) is 120 cm³/mol. The molecule has 1 aliphatic heterocycles. The van der Waals surface area contributed by atoms with Crippen LogP contribution in [-0.2, 0) is 11.3 Å². The summed E-state index contributed by atoms with van der Waals surface area (Å²) in [5.41, 5.74) is 4.22. The van der Waals surface area contributed by atoms with Gasteiger partial charge in [-0.25, -0.2) is 4.68 Å². The highest BCUT2D eigenvalue weighted by Gasteiger charge is 2.14. The fraction of sp³-hybridized carbons (Fsp3) is 0.348. The number of morpholine rings is 1. The van der Waals surface area contributed by atoms with Gasteiger partial charge in [0.15, 0.2) is 0 Å². The number of nitrogens with zero attached hydrogens (tertiary/aromatic N) is 4. The number of aryl methyl sites for hydroxylation is 1. The number of carbonyl (C=O) groups is 1. The summed E-state index contributed by atoms with van der Waals surface area (Å²) in [6.07, 6.45) is 1.88. The first kappa shape index (κ1) is 21.5. The minimum absolute atomic E-state index is 0.0704. The Balaban J connectivity index is 1.41. The number of ether oxygens (including phenoxy) is 1. The first-order chi connectivity index (χ1) is 15.1. The lowest BCUT2D eigenvalue weighted by Gasteiger charge is -2.26. The number of halogens is 1. The Morgan fingerprint density at radius 3 is 2.84 bits per heavy atom. The highest BCUT2D eigenvalue weighted by molar-refractivity contribution is 6.30. The van der Waals surface area contributed by atoms with Crippen molar-refractivity contribution in [3.8, 4) is 11.3 Å². The molecule has 0 unspecified atom stereocenters. The Kier molecular flexibility index (Phi) is 6.96. The molecule has 8 heteroatoms. The van der Waals surface area contributed by atoms with E-state index >= 15 is 0 Å². The van der Waals surface area contributed by atoms with Crippen molar-refractivity contribution >= 4 is 17.5 Å². The van der Waals surface area contributed by atoms with Crippen LogP contribution >= 0.6 is 11.6 Å². The van der Waals surface area contributed by atoms with Gasteiger partial charge in [-0.15, -0.1) is 5.10 Å². The molecule has 0 bridgehead atoms. The van der Waals surface area contributed by atoms with Crippen LogP contribution in [0, 0.1) is 6.92 Å². The van der Waals surface area contributed by atoms with Crippen molar-refractivity contribution < 1.29 is 9.53 Å². The third-order valence-electron chi connectivity index (χ3n) is 5.37. The molecule has 1 aromatic heterocycles. The Labute approximate surface area is 187 Å². The average molecular weight is 440 g/mol. The first-order valence-electron chi connectivity index (χ1n) is 10.4. The van der Waals surface area contributed by atoms with Crippen LogP contribution in [0.15, 0.2) is 48.7 Å². The van der Waals surface area contributed by atoms with Gasteiger partial charge in [0, 0.05) is 42.3 Å². The molecule has 162 valence electrons. The number of rotatable bonds is 7. The molecular formula is C23H26ClN5O2. The normalized spacial score (nSPS) is 14.5. The van der Waals surface area contributed by atoms with E-state index in [0.29, 0.717) is 23.7 Å². The SMILES string of the molecule is Cc1ccc(-c2cn(Cc3cccc(Cl)c3)nn2)cc1C(=O)NCCN1CCOCC1. The zero-order valence-corrected chi connectivity index (χ0v) is 18.3. The predicted octanol–water partition coefficient (Wildman–Crippen LogP) is 3.02. The molecule has 31 heavy (non-hydrogen) atoms. The van der Waals surface area contributed by atoms with Crippen LogP contribution in [0.25, 0.3) is 11.3 Å². The maximum absolute atomic E-state index is 12.8. The van der Waals surface area contributed by atoms with Crippen molar-refractivity contribution in [3.05, 3.63) is 70.4 Å². The fourth-order valence-corrected chi connectivity index (χ4v) is 3.82. The molecular weight excluding hydrogens is 414 g/mol. The van der Waals surface area contributed by atoms with E-state index < -0.39 is 0 Å². The van der Waals surface area contributed by atoms with Crippen molar-refractivity contribution in [1.82, 2.24) is 25.2 Å². The van der Waals surface area contributed by atoms with Crippen LogP contribution in [0.3, 0.4) is 0 Å². The Morgan fingerprint density at radius 2 is 2.03 bits per heavy atom. The lowest BCUT2D eigenvalue weighted by molar-refractivity contribution is 0.0383. The fourth-order valence-electron chi connectivity index (χ4n) is 3.60. The van der Waals surface area contributed by atoms with E-state index in [9.17, 15) is 4.79 Å². The van der Waals surface area contributed by atoms with Crippen LogP contribution in [-0.4, -0.2) is 65.2 Å². The van der Waals surface area contributed by atoms with Gasteiger partial charge in [0.2, 0.25) is 0 Å². The van der Waals surface area contributed by atoms with Gasteiger partial charge in [-0.05, 0) is 36.2 Å². The summed E-state index contributed by atoms with van der Waals surface area (Å²) in [5.74, 6) is -0.0704. The smallest absolute Gasteiger partial charge is 0.251 e. The van der Waals surface area contributed by atoms with Crippen LogP contribution in [0.4, 0.5) is 0 Å². The molecule has 0 radical (unpaired) electrons. The summed E-state index contributed by atoms with van der Waals surface area (Å²) in [6.45, 7) is 7.29. The number of aromatic nitrogens is 3. The van der Waals surface area contributed by atoms with Gasteiger partial charge in [-0.2, -0.15) is 0 Å². The van der Waals surface area contributed by atoms with Gasteiger partial charge >= 0.3 is 0 Å². The Morgan fingerprint density at radius 1 is 1.19 bits per heavy atom. The molecule has 4 rings (SSSR count). The number of benzene rings is 2. The molecule has 7 nitrogen and oxygen atoms in total. The van der Waals surface area contributed by atoms with Crippen molar-refractivity contribution in [2.75, 3.05) is 39.4 Å². The molecule has 0 saturated carbocycles. The molecule has 1 saturated heterocycles. The van der Waals surface area contributed by atoms with Gasteiger partial charge in [0.05, 0.1) is 26.0 Å². The van der Waals surface area contributed by atoms with Gasteiger partial charge < -0.3 is 10.1 Å². The highest BCUT2D eigenvalue weighted by Crippen LogP contribution is 2.21. The summed E-state index contributed by atoms with van der Waals surface area (Å²) in [4.78, 5) is 15.1. The number of carbonyl (C=O) groups excluding carboxylic acids is 1. The maximum Gasteiger partial charge on any atom is 0.251 e. The van der Waals surface area contributed by atoms with Crippen molar-refractivity contribution in [2.24, 2.45) is 0 Å². The maximum atomic E-state index is 12.8. The summed E-state index contributed by atoms with van der Waals surface area (Å²) in [6, 6.07) is 13.5. The molecule has 2 heterocycles. The Bertz CT molecular complexity index is 1050. The summed E-state index contributed by atoms with van der Waals surface area (Å²) >= 11 is 6.06. The standard InChI is InChI=1S/C23H26ClN5O2/c1-17-5-6-19(14-21(17)23(30)25-7-8-28-9-11-31-12-10-28)22-16-29(27-26-22)15-18-3-2-4-20(24)13-18/h2-6,13-14,16H,7-12,15H2,1H3,(H,25,30). The summed E-state index contributed by atoms with van der Waals surface area (Å²) < 4.78 is 7.13. The highest BCUT2D eigenvalue weighted by atomic mass is 35.5. The molecule has 1 fully saturated rings. The third-order valence-corrected chi connectivity index (χ3v) is 5.60. The van der Waals surface area contributed by atoms with Crippen LogP contribution < -0.4 is 5.32 Å². The van der Waals surface area contributed by atoms with Gasteiger partial charge in [0.1, 0.15) is 5.69 Å². The van der Waals surface area contributed by atoms with E-state index in [1.54, 1.807) is 4.68 Å². The van der Waals surface area contributed by atoms with E-state index in [1.807, 2.05) is 55.6 Å². The van der Waals surface area contributed by atoms with Crippen LogP contribution in [0.2, 0.25) is 5.02 Å². The second-order valence-electron chi connectivity index (χ2n) is 7.67. The molecule has 0 atom stereocenters. The monoisotopic (exact) mass is 439 g/mol.